The molecule has 9 heteroatoms. The van der Waals surface area contributed by atoms with E-state index < -0.39 is 5.91 Å². The zero-order chi connectivity index (χ0) is 21.9. The van der Waals surface area contributed by atoms with Crippen molar-refractivity contribution in [2.75, 3.05) is 19.0 Å². The normalized spacial score (nSPS) is 10.3. The molecule has 0 spiro atoms. The summed E-state index contributed by atoms with van der Waals surface area (Å²) in [6, 6.07) is 10.2. The Labute approximate surface area is 187 Å². The van der Waals surface area contributed by atoms with Crippen molar-refractivity contribution < 1.29 is 19.1 Å². The molecule has 0 saturated heterocycles. The maximum Gasteiger partial charge on any atom is 0.240 e. The zero-order valence-electron chi connectivity index (χ0n) is 16.1. The van der Waals surface area contributed by atoms with Crippen LogP contribution in [-0.2, 0) is 9.59 Å². The molecule has 2 aromatic rings. The fourth-order valence-electron chi connectivity index (χ4n) is 2.32. The summed E-state index contributed by atoms with van der Waals surface area (Å²) < 4.78 is 11.4. The Bertz CT molecular complexity index is 989. The number of carbonyl (C=O) groups is 2. The van der Waals surface area contributed by atoms with Gasteiger partial charge in [0.05, 0.1) is 17.8 Å². The van der Waals surface area contributed by atoms with E-state index in [9.17, 15) is 9.59 Å². The van der Waals surface area contributed by atoms with Crippen LogP contribution in [0.4, 0.5) is 5.69 Å². The van der Waals surface area contributed by atoms with Gasteiger partial charge in [-0.15, -0.1) is 6.42 Å². The average molecular weight is 493 g/mol. The molecule has 0 aromatic heterocycles. The molecule has 0 saturated carbocycles. The number of benzene rings is 2. The van der Waals surface area contributed by atoms with Gasteiger partial charge in [0.1, 0.15) is 6.61 Å². The van der Waals surface area contributed by atoms with Crippen molar-refractivity contribution in [2.24, 2.45) is 5.10 Å². The van der Waals surface area contributed by atoms with Crippen LogP contribution in [0, 0.1) is 12.3 Å². The first kappa shape index (κ1) is 23.3. The number of carbonyl (C=O) groups excluding carboxylic acids is 2. The van der Waals surface area contributed by atoms with Crippen LogP contribution in [0.3, 0.4) is 0 Å². The minimum atomic E-state index is -0.396. The number of hydrazone groups is 1. The van der Waals surface area contributed by atoms with E-state index in [1.807, 2.05) is 0 Å². The highest BCUT2D eigenvalue weighted by molar-refractivity contribution is 9.10. The molecular formula is C21H19BrClN3O4. The predicted octanol–water partition coefficient (Wildman–Crippen LogP) is 3.99. The largest absolute Gasteiger partial charge is 0.493 e. The molecule has 0 aliphatic rings. The van der Waals surface area contributed by atoms with Gasteiger partial charge in [-0.2, -0.15) is 5.10 Å². The zero-order valence-corrected chi connectivity index (χ0v) is 18.4. The average Bonchev–Trinajstić information content (AvgIpc) is 2.71. The number of methoxy groups -OCH3 is 1. The molecular weight excluding hydrogens is 474 g/mol. The monoisotopic (exact) mass is 491 g/mol. The Morgan fingerprint density at radius 1 is 1.27 bits per heavy atom. The lowest BCUT2D eigenvalue weighted by Gasteiger charge is -2.11. The second-order valence-corrected chi connectivity index (χ2v) is 7.17. The third kappa shape index (κ3) is 7.43. The molecule has 0 atom stereocenters. The van der Waals surface area contributed by atoms with E-state index in [0.29, 0.717) is 32.2 Å². The van der Waals surface area contributed by atoms with Crippen LogP contribution < -0.4 is 20.2 Å². The van der Waals surface area contributed by atoms with Crippen LogP contribution >= 0.6 is 27.5 Å². The van der Waals surface area contributed by atoms with E-state index in [2.05, 4.69) is 37.7 Å². The summed E-state index contributed by atoms with van der Waals surface area (Å²) in [5.74, 6) is 2.63. The highest BCUT2D eigenvalue weighted by atomic mass is 79.9. The first-order valence-electron chi connectivity index (χ1n) is 8.74. The van der Waals surface area contributed by atoms with Crippen molar-refractivity contribution in [3.63, 3.8) is 0 Å². The summed E-state index contributed by atoms with van der Waals surface area (Å²) in [6.45, 7) is 0.101. The van der Waals surface area contributed by atoms with E-state index in [1.165, 1.54) is 13.3 Å². The van der Waals surface area contributed by atoms with Crippen LogP contribution in [0.1, 0.15) is 18.4 Å². The van der Waals surface area contributed by atoms with Crippen molar-refractivity contribution in [2.45, 2.75) is 12.8 Å². The lowest BCUT2D eigenvalue weighted by Crippen LogP contribution is -2.20. The van der Waals surface area contributed by atoms with Gasteiger partial charge in [-0.25, -0.2) is 5.43 Å². The maximum atomic E-state index is 11.9. The number of nitrogens with one attached hydrogen (secondary N) is 2. The third-order valence-corrected chi connectivity index (χ3v) is 4.47. The van der Waals surface area contributed by atoms with Gasteiger partial charge in [0.15, 0.2) is 11.5 Å². The molecule has 2 amide bonds. The number of ether oxygens (including phenoxy) is 2. The quantitative estimate of drug-likeness (QED) is 0.315. The molecule has 0 radical (unpaired) electrons. The number of hydrogen-bond acceptors (Lipinski definition) is 5. The summed E-state index contributed by atoms with van der Waals surface area (Å²) in [6.07, 6.45) is 6.64. The Balaban J connectivity index is 1.86. The fraction of sp³-hybridized carbons (Fsp3) is 0.190. The topological polar surface area (TPSA) is 89.0 Å². The summed E-state index contributed by atoms with van der Waals surface area (Å²) in [7, 11) is 1.50. The molecule has 0 aliphatic carbocycles. The Hall–Kier alpha value is -3.02. The van der Waals surface area contributed by atoms with Gasteiger partial charge in [0.2, 0.25) is 11.8 Å². The Morgan fingerprint density at radius 2 is 2.03 bits per heavy atom. The van der Waals surface area contributed by atoms with E-state index in [1.54, 1.807) is 36.4 Å². The van der Waals surface area contributed by atoms with Crippen molar-refractivity contribution in [1.82, 2.24) is 5.43 Å². The van der Waals surface area contributed by atoms with Crippen molar-refractivity contribution >= 4 is 51.2 Å². The predicted molar refractivity (Wildman–Crippen MR) is 120 cm³/mol. The molecule has 0 heterocycles. The molecule has 0 unspecified atom stereocenters. The number of nitrogens with zero attached hydrogens (tertiary/aromatic N) is 1. The minimum Gasteiger partial charge on any atom is -0.493 e. The summed E-state index contributed by atoms with van der Waals surface area (Å²) in [5, 5.41) is 7.09. The fourth-order valence-corrected chi connectivity index (χ4v) is 3.08. The molecule has 0 fully saturated rings. The number of rotatable bonds is 9. The molecule has 30 heavy (non-hydrogen) atoms. The summed E-state index contributed by atoms with van der Waals surface area (Å²) in [5.41, 5.74) is 3.61. The Kier molecular flexibility index (Phi) is 9.19. The molecule has 2 N–H and O–H groups in total. The minimum absolute atomic E-state index is 0.00838. The molecule has 156 valence electrons. The van der Waals surface area contributed by atoms with Crippen molar-refractivity contribution in [1.29, 1.82) is 0 Å². The van der Waals surface area contributed by atoms with Crippen LogP contribution in [-0.4, -0.2) is 31.7 Å². The first-order chi connectivity index (χ1) is 14.4. The van der Waals surface area contributed by atoms with E-state index in [0.717, 1.165) is 0 Å². The molecule has 2 aromatic carbocycles. The molecule has 0 aliphatic heterocycles. The van der Waals surface area contributed by atoms with Crippen LogP contribution in [0.25, 0.3) is 0 Å². The lowest BCUT2D eigenvalue weighted by atomic mass is 10.2. The smallest absolute Gasteiger partial charge is 0.240 e. The van der Waals surface area contributed by atoms with Crippen molar-refractivity contribution in [3.8, 4) is 23.8 Å². The first-order valence-corrected chi connectivity index (χ1v) is 9.91. The molecule has 2 rings (SSSR count). The van der Waals surface area contributed by atoms with Crippen LogP contribution in [0.2, 0.25) is 5.02 Å². The molecule has 7 nitrogen and oxygen atoms in total. The molecule has 0 bridgehead atoms. The Morgan fingerprint density at radius 3 is 2.73 bits per heavy atom. The standard InChI is InChI=1S/C21H19BrClN3O4/c1-3-9-30-21-17(22)10-14(11-18(21)29-2)13-24-26-20(28)8-7-19(27)25-16-6-4-5-15(23)12-16/h1,4-6,10-13H,7-9H2,2H3,(H,25,27)(H,26,28). The number of anilines is 1. The highest BCUT2D eigenvalue weighted by Crippen LogP contribution is 2.36. The second-order valence-electron chi connectivity index (χ2n) is 5.88. The van der Waals surface area contributed by atoms with E-state index in [4.69, 9.17) is 27.5 Å². The van der Waals surface area contributed by atoms with Gasteiger partial charge >= 0.3 is 0 Å². The lowest BCUT2D eigenvalue weighted by molar-refractivity contribution is -0.124. The van der Waals surface area contributed by atoms with Gasteiger partial charge in [0, 0.05) is 23.6 Å². The van der Waals surface area contributed by atoms with Gasteiger partial charge in [-0.3, -0.25) is 9.59 Å². The van der Waals surface area contributed by atoms with Gasteiger partial charge in [-0.1, -0.05) is 23.6 Å². The number of amides is 2. The number of terminal acetylenes is 1. The summed E-state index contributed by atoms with van der Waals surface area (Å²) in [4.78, 5) is 23.8. The summed E-state index contributed by atoms with van der Waals surface area (Å²) >= 11 is 9.25. The number of halogens is 2. The number of hydrogen-bond donors (Lipinski definition) is 2. The van der Waals surface area contributed by atoms with Crippen LogP contribution in [0.15, 0.2) is 46.0 Å². The van der Waals surface area contributed by atoms with Crippen LogP contribution in [0.5, 0.6) is 11.5 Å². The van der Waals surface area contributed by atoms with Gasteiger partial charge in [0.25, 0.3) is 0 Å². The highest BCUT2D eigenvalue weighted by Gasteiger charge is 2.11. The SMILES string of the molecule is C#CCOc1c(Br)cc(C=NNC(=O)CCC(=O)Nc2cccc(Cl)c2)cc1OC. The van der Waals surface area contributed by atoms with E-state index in [-0.39, 0.29) is 25.4 Å². The van der Waals surface area contributed by atoms with Gasteiger partial charge in [-0.05, 0) is 51.8 Å². The third-order valence-electron chi connectivity index (χ3n) is 3.64. The second kappa shape index (κ2) is 11.9. The van der Waals surface area contributed by atoms with E-state index >= 15 is 0 Å². The van der Waals surface area contributed by atoms with Crippen molar-refractivity contribution in [3.05, 3.63) is 51.5 Å². The maximum absolute atomic E-state index is 11.9. The van der Waals surface area contributed by atoms with Gasteiger partial charge < -0.3 is 14.8 Å².